The molecule has 0 aromatic carbocycles. The van der Waals surface area contributed by atoms with Crippen molar-refractivity contribution in [3.8, 4) is 0 Å². The summed E-state index contributed by atoms with van der Waals surface area (Å²) in [5.41, 5.74) is 0.974. The number of hydrogen-bond acceptors (Lipinski definition) is 3. The maximum absolute atomic E-state index is 13.0. The third kappa shape index (κ3) is 3.17. The van der Waals surface area contributed by atoms with Crippen molar-refractivity contribution in [2.24, 2.45) is 18.9 Å². The van der Waals surface area contributed by atoms with Crippen LogP contribution in [0.5, 0.6) is 0 Å². The summed E-state index contributed by atoms with van der Waals surface area (Å²) in [6, 6.07) is 1.84. The molecule has 1 aliphatic rings. The molecule has 120 valence electrons. The van der Waals surface area contributed by atoms with E-state index in [-0.39, 0.29) is 6.04 Å². The van der Waals surface area contributed by atoms with Crippen LogP contribution in [-0.4, -0.2) is 36.9 Å². The Bertz CT molecular complexity index is 594. The molecule has 0 saturated carbocycles. The Morgan fingerprint density at radius 3 is 2.62 bits per heavy atom. The number of piperidine rings is 1. The van der Waals surface area contributed by atoms with Crippen LogP contribution in [0.15, 0.2) is 17.2 Å². The molecule has 0 spiro atoms. The zero-order valence-electron chi connectivity index (χ0n) is 13.6. The molecule has 3 atom stereocenters. The highest BCUT2D eigenvalue weighted by atomic mass is 32.2. The van der Waals surface area contributed by atoms with Crippen molar-refractivity contribution < 1.29 is 8.42 Å². The maximum Gasteiger partial charge on any atom is 0.244 e. The van der Waals surface area contributed by atoms with E-state index in [4.69, 9.17) is 0 Å². The van der Waals surface area contributed by atoms with Gasteiger partial charge in [-0.05, 0) is 38.3 Å². The van der Waals surface area contributed by atoms with Crippen molar-refractivity contribution in [2.75, 3.05) is 13.6 Å². The van der Waals surface area contributed by atoms with Crippen LogP contribution in [0, 0.1) is 11.8 Å². The summed E-state index contributed by atoms with van der Waals surface area (Å²) >= 11 is 0. The summed E-state index contributed by atoms with van der Waals surface area (Å²) in [5.74, 6) is 0.801. The van der Waals surface area contributed by atoms with E-state index in [0.717, 1.165) is 12.1 Å². The van der Waals surface area contributed by atoms with Crippen molar-refractivity contribution in [3.05, 3.63) is 18.0 Å². The predicted molar refractivity (Wildman–Crippen MR) is 84.5 cm³/mol. The van der Waals surface area contributed by atoms with Gasteiger partial charge in [0.05, 0.1) is 0 Å². The second kappa shape index (κ2) is 6.10. The van der Waals surface area contributed by atoms with Crippen LogP contribution in [0.1, 0.15) is 32.9 Å². The lowest BCUT2D eigenvalue weighted by molar-refractivity contribution is 0.157. The standard InChI is InChI=1S/C15H27N3O2S/c1-11-6-12(2)13(3)18(9-11)21(19,20)15-7-14(8-16-4)17(5)10-15/h7,10-13,16H,6,8-9H2,1-5H3. The molecule has 1 aromatic heterocycles. The number of rotatable bonds is 4. The molecular weight excluding hydrogens is 286 g/mol. The van der Waals surface area contributed by atoms with Gasteiger partial charge >= 0.3 is 0 Å². The Labute approximate surface area is 128 Å². The first-order valence-corrected chi connectivity index (χ1v) is 9.03. The zero-order chi connectivity index (χ0) is 15.8. The lowest BCUT2D eigenvalue weighted by atomic mass is 9.88. The Morgan fingerprint density at radius 2 is 2.00 bits per heavy atom. The van der Waals surface area contributed by atoms with Gasteiger partial charge in [-0.2, -0.15) is 4.31 Å². The topological polar surface area (TPSA) is 54.3 Å². The van der Waals surface area contributed by atoms with E-state index in [9.17, 15) is 8.42 Å². The number of aryl methyl sites for hydroxylation is 1. The minimum absolute atomic E-state index is 0.0548. The molecule has 2 rings (SSSR count). The van der Waals surface area contributed by atoms with E-state index in [1.54, 1.807) is 16.6 Å². The van der Waals surface area contributed by atoms with E-state index in [1.807, 2.05) is 25.6 Å². The van der Waals surface area contributed by atoms with Gasteiger partial charge in [0.1, 0.15) is 4.90 Å². The van der Waals surface area contributed by atoms with Gasteiger partial charge in [-0.3, -0.25) is 0 Å². The van der Waals surface area contributed by atoms with Gasteiger partial charge in [0, 0.05) is 38.1 Å². The van der Waals surface area contributed by atoms with Crippen LogP contribution < -0.4 is 5.32 Å². The Morgan fingerprint density at radius 1 is 1.33 bits per heavy atom. The first-order valence-electron chi connectivity index (χ1n) is 7.59. The fraction of sp³-hybridized carbons (Fsp3) is 0.733. The summed E-state index contributed by atoms with van der Waals surface area (Å²) < 4.78 is 29.5. The first kappa shape index (κ1) is 16.5. The van der Waals surface area contributed by atoms with Crippen LogP contribution in [-0.2, 0) is 23.6 Å². The molecule has 2 heterocycles. The fourth-order valence-corrected chi connectivity index (χ4v) is 5.13. The minimum atomic E-state index is -3.41. The van der Waals surface area contributed by atoms with Crippen molar-refractivity contribution in [1.82, 2.24) is 14.2 Å². The van der Waals surface area contributed by atoms with Gasteiger partial charge in [0.2, 0.25) is 10.0 Å². The van der Waals surface area contributed by atoms with Crippen molar-refractivity contribution in [2.45, 2.75) is 44.7 Å². The van der Waals surface area contributed by atoms with Gasteiger partial charge < -0.3 is 9.88 Å². The highest BCUT2D eigenvalue weighted by molar-refractivity contribution is 7.89. The highest BCUT2D eigenvalue weighted by Gasteiger charge is 2.37. The lowest BCUT2D eigenvalue weighted by Crippen LogP contribution is -2.48. The van der Waals surface area contributed by atoms with Crippen molar-refractivity contribution in [1.29, 1.82) is 0 Å². The molecule has 1 aliphatic heterocycles. The molecular formula is C15H27N3O2S. The van der Waals surface area contributed by atoms with E-state index < -0.39 is 10.0 Å². The van der Waals surface area contributed by atoms with Crippen LogP contribution in [0.4, 0.5) is 0 Å². The van der Waals surface area contributed by atoms with Gasteiger partial charge in [0.25, 0.3) is 0 Å². The highest BCUT2D eigenvalue weighted by Crippen LogP contribution is 2.32. The largest absolute Gasteiger partial charge is 0.352 e. The summed E-state index contributed by atoms with van der Waals surface area (Å²) in [5, 5.41) is 3.06. The van der Waals surface area contributed by atoms with Gasteiger partial charge in [-0.15, -0.1) is 0 Å². The molecule has 1 N–H and O–H groups in total. The molecule has 1 fully saturated rings. The predicted octanol–water partition coefficient (Wildman–Crippen LogP) is 1.80. The number of nitrogens with one attached hydrogen (secondary N) is 1. The molecule has 1 saturated heterocycles. The third-order valence-corrected chi connectivity index (χ3v) is 6.51. The van der Waals surface area contributed by atoms with E-state index in [0.29, 0.717) is 29.8 Å². The first-order chi connectivity index (χ1) is 9.77. The zero-order valence-corrected chi connectivity index (χ0v) is 14.4. The average molecular weight is 313 g/mol. The van der Waals surface area contributed by atoms with Crippen molar-refractivity contribution in [3.63, 3.8) is 0 Å². The molecule has 1 aromatic rings. The van der Waals surface area contributed by atoms with Gasteiger partial charge in [-0.1, -0.05) is 13.8 Å². The Kier molecular flexibility index (Phi) is 4.80. The molecule has 0 radical (unpaired) electrons. The number of hydrogen-bond donors (Lipinski definition) is 1. The molecule has 5 nitrogen and oxygen atoms in total. The molecule has 3 unspecified atom stereocenters. The van der Waals surface area contributed by atoms with E-state index in [2.05, 4.69) is 19.2 Å². The molecule has 0 amide bonds. The van der Waals surface area contributed by atoms with Crippen LogP contribution in [0.2, 0.25) is 0 Å². The fourth-order valence-electron chi connectivity index (χ4n) is 3.19. The van der Waals surface area contributed by atoms with E-state index >= 15 is 0 Å². The monoisotopic (exact) mass is 313 g/mol. The number of aromatic nitrogens is 1. The second-order valence-corrected chi connectivity index (χ2v) is 8.33. The smallest absolute Gasteiger partial charge is 0.244 e. The summed E-state index contributed by atoms with van der Waals surface area (Å²) in [4.78, 5) is 0.406. The second-order valence-electron chi connectivity index (χ2n) is 6.44. The SMILES string of the molecule is CNCc1cc(S(=O)(=O)N2CC(C)CC(C)C2C)cn1C. The molecule has 6 heteroatoms. The van der Waals surface area contributed by atoms with Gasteiger partial charge in [0.15, 0.2) is 0 Å². The van der Waals surface area contributed by atoms with Crippen molar-refractivity contribution >= 4 is 10.0 Å². The van der Waals surface area contributed by atoms with Gasteiger partial charge in [-0.25, -0.2) is 8.42 Å². The Balaban J connectivity index is 2.34. The maximum atomic E-state index is 13.0. The summed E-state index contributed by atoms with van der Waals surface area (Å²) in [7, 11) is 0.332. The minimum Gasteiger partial charge on any atom is -0.352 e. The average Bonchev–Trinajstić information content (AvgIpc) is 2.76. The quantitative estimate of drug-likeness (QED) is 0.922. The molecule has 0 aliphatic carbocycles. The Hall–Kier alpha value is -0.850. The number of sulfonamides is 1. The number of nitrogens with zero attached hydrogens (tertiary/aromatic N) is 2. The van der Waals surface area contributed by atoms with E-state index in [1.165, 1.54) is 0 Å². The summed E-state index contributed by atoms with van der Waals surface area (Å²) in [6.45, 7) is 7.56. The van der Waals surface area contributed by atoms with Crippen LogP contribution in [0.25, 0.3) is 0 Å². The van der Waals surface area contributed by atoms with Crippen LogP contribution in [0.3, 0.4) is 0 Å². The normalized spacial score (nSPS) is 28.0. The summed E-state index contributed by atoms with van der Waals surface area (Å²) in [6.07, 6.45) is 2.81. The third-order valence-electron chi connectivity index (χ3n) is 4.59. The molecule has 21 heavy (non-hydrogen) atoms. The lowest BCUT2D eigenvalue weighted by Gasteiger charge is -2.39. The molecule has 0 bridgehead atoms. The van der Waals surface area contributed by atoms with Crippen LogP contribution >= 0.6 is 0 Å².